The predicted octanol–water partition coefficient (Wildman–Crippen LogP) is 1.88. The van der Waals surface area contributed by atoms with Crippen molar-refractivity contribution in [2.24, 2.45) is 5.92 Å². The Balaban J connectivity index is 1.08. The maximum absolute atomic E-state index is 13.3. The van der Waals surface area contributed by atoms with Crippen LogP contribution in [0.1, 0.15) is 33.1 Å². The van der Waals surface area contributed by atoms with Gasteiger partial charge in [0.25, 0.3) is 0 Å². The maximum Gasteiger partial charge on any atom is 0.244 e. The van der Waals surface area contributed by atoms with Crippen LogP contribution in [0.4, 0.5) is 0 Å². The third-order valence-corrected chi connectivity index (χ3v) is 11.5. The molecule has 0 saturated carbocycles. The molecule has 246 valence electrons. The van der Waals surface area contributed by atoms with E-state index in [-0.39, 0.29) is 34.9 Å². The van der Waals surface area contributed by atoms with Gasteiger partial charge in [-0.15, -0.1) is 0 Å². The molecule has 0 bridgehead atoms. The highest BCUT2D eigenvalue weighted by Gasteiger charge is 2.44. The first-order valence-corrected chi connectivity index (χ1v) is 17.9. The molecule has 5 rings (SSSR count). The number of hydrogen-bond acceptors (Lipinski definition) is 11. The molecule has 3 N–H and O–H groups in total. The SMILES string of the molecule is CNS(=O)(=O)c1cccc(O[C@H](OCC(O)CN[C@H]2COC3(CCN(S(=O)(=O)c4cnc5cccnc5c4)CC3)C2)C(C)C)c1. The fraction of sp³-hybridized carbons (Fsp3) is 0.533. The second kappa shape index (κ2) is 13.9. The number of aromatic nitrogens is 2. The zero-order valence-corrected chi connectivity index (χ0v) is 27.3. The van der Waals surface area contributed by atoms with Gasteiger partial charge >= 0.3 is 0 Å². The van der Waals surface area contributed by atoms with E-state index in [1.54, 1.807) is 36.5 Å². The van der Waals surface area contributed by atoms with E-state index in [0.717, 1.165) is 0 Å². The van der Waals surface area contributed by atoms with E-state index in [1.807, 2.05) is 13.8 Å². The van der Waals surface area contributed by atoms with Gasteiger partial charge in [0.2, 0.25) is 26.3 Å². The van der Waals surface area contributed by atoms with Gasteiger partial charge in [0.15, 0.2) is 0 Å². The molecular weight excluding hydrogens is 622 g/mol. The Bertz CT molecular complexity index is 1680. The molecule has 0 amide bonds. The van der Waals surface area contributed by atoms with Crippen LogP contribution in [-0.2, 0) is 29.5 Å². The van der Waals surface area contributed by atoms with Gasteiger partial charge in [0, 0.05) is 50.1 Å². The smallest absolute Gasteiger partial charge is 0.244 e. The minimum Gasteiger partial charge on any atom is -0.465 e. The second-order valence-electron chi connectivity index (χ2n) is 11.8. The summed E-state index contributed by atoms with van der Waals surface area (Å²) in [6.07, 6.45) is 3.32. The van der Waals surface area contributed by atoms with Crippen LogP contribution in [0.3, 0.4) is 0 Å². The lowest BCUT2D eigenvalue weighted by Gasteiger charge is -2.38. The molecule has 2 saturated heterocycles. The van der Waals surface area contributed by atoms with Crippen molar-refractivity contribution in [2.75, 3.05) is 39.9 Å². The Morgan fingerprint density at radius 2 is 1.84 bits per heavy atom. The Hall–Kier alpha value is -2.76. The number of nitrogens with zero attached hydrogens (tertiary/aromatic N) is 3. The summed E-state index contributed by atoms with van der Waals surface area (Å²) in [6.45, 7) is 5.24. The number of nitrogens with one attached hydrogen (secondary N) is 2. The molecule has 3 aromatic rings. The number of fused-ring (bicyclic) bond motifs is 1. The molecule has 2 aromatic heterocycles. The molecule has 0 radical (unpaired) electrons. The number of ether oxygens (including phenoxy) is 3. The summed E-state index contributed by atoms with van der Waals surface area (Å²) in [4.78, 5) is 8.71. The zero-order chi connectivity index (χ0) is 32.2. The minimum absolute atomic E-state index is 0.00702. The molecule has 15 heteroatoms. The van der Waals surface area contributed by atoms with Gasteiger partial charge in [0.1, 0.15) is 10.6 Å². The average Bonchev–Trinajstić information content (AvgIpc) is 3.43. The van der Waals surface area contributed by atoms with Gasteiger partial charge in [0.05, 0.1) is 40.8 Å². The molecule has 1 unspecified atom stereocenters. The van der Waals surface area contributed by atoms with Gasteiger partial charge in [-0.05, 0) is 56.6 Å². The van der Waals surface area contributed by atoms with E-state index >= 15 is 0 Å². The average molecular weight is 664 g/mol. The third kappa shape index (κ3) is 7.97. The Morgan fingerprint density at radius 3 is 2.58 bits per heavy atom. The van der Waals surface area contributed by atoms with Gasteiger partial charge in [-0.25, -0.2) is 21.6 Å². The number of benzene rings is 1. The van der Waals surface area contributed by atoms with Crippen LogP contribution in [0.2, 0.25) is 0 Å². The molecule has 13 nitrogen and oxygen atoms in total. The fourth-order valence-corrected chi connectivity index (χ4v) is 7.75. The number of sulfonamides is 2. The minimum atomic E-state index is -3.71. The van der Waals surface area contributed by atoms with Crippen LogP contribution in [0.5, 0.6) is 5.75 Å². The van der Waals surface area contributed by atoms with E-state index in [2.05, 4.69) is 20.0 Å². The van der Waals surface area contributed by atoms with Crippen molar-refractivity contribution in [1.29, 1.82) is 0 Å². The topological polar surface area (TPSA) is 169 Å². The van der Waals surface area contributed by atoms with E-state index in [4.69, 9.17) is 14.2 Å². The molecule has 1 aromatic carbocycles. The molecular formula is C30H41N5O8S2. The monoisotopic (exact) mass is 663 g/mol. The molecule has 2 aliphatic rings. The molecule has 3 atom stereocenters. The summed E-state index contributed by atoms with van der Waals surface area (Å²) in [6, 6.07) is 11.3. The van der Waals surface area contributed by atoms with Crippen molar-refractivity contribution in [2.45, 2.75) is 66.9 Å². The van der Waals surface area contributed by atoms with Gasteiger partial charge in [-0.1, -0.05) is 19.9 Å². The third-order valence-electron chi connectivity index (χ3n) is 8.18. The molecule has 45 heavy (non-hydrogen) atoms. The first-order valence-electron chi connectivity index (χ1n) is 15.0. The Labute approximate surface area is 264 Å². The standard InChI is InChI=1S/C30H41N5O8S2/c1-21(2)29(43-24-6-4-7-25(14-24)44(37,38)31-3)41-20-23(36)17-33-22-16-30(42-19-22)9-12-35(13-10-30)45(39,40)26-15-28-27(34-18-26)8-5-11-32-28/h4-8,11,14-15,18,21-23,29,31,33,36H,9-10,12-13,16-17,19-20H2,1-3H3/t22-,23?,29+/m1/s1. The first-order chi connectivity index (χ1) is 21.4. The van der Waals surface area contributed by atoms with Gasteiger partial charge < -0.3 is 24.6 Å². The maximum atomic E-state index is 13.3. The molecule has 2 aliphatic heterocycles. The van der Waals surface area contributed by atoms with Crippen LogP contribution in [0.25, 0.3) is 11.0 Å². The van der Waals surface area contributed by atoms with Crippen LogP contribution >= 0.6 is 0 Å². The summed E-state index contributed by atoms with van der Waals surface area (Å²) in [5.74, 6) is 0.275. The number of aliphatic hydroxyl groups is 1. The molecule has 1 spiro atoms. The van der Waals surface area contributed by atoms with Crippen LogP contribution in [0, 0.1) is 5.92 Å². The van der Waals surface area contributed by atoms with Crippen molar-refractivity contribution in [3.63, 3.8) is 0 Å². The fourth-order valence-electron chi connectivity index (χ4n) is 5.58. The summed E-state index contributed by atoms with van der Waals surface area (Å²) in [5, 5.41) is 14.0. The van der Waals surface area contributed by atoms with E-state index < -0.39 is 38.0 Å². The number of pyridine rings is 2. The van der Waals surface area contributed by atoms with Crippen LogP contribution in [-0.4, -0.2) is 100 Å². The molecule has 0 aliphatic carbocycles. The highest BCUT2D eigenvalue weighted by Crippen LogP contribution is 2.37. The quantitative estimate of drug-likeness (QED) is 0.228. The first kappa shape index (κ1) is 33.6. The normalized spacial score (nSPS) is 20.5. The highest BCUT2D eigenvalue weighted by atomic mass is 32.2. The number of hydrogen-bond donors (Lipinski definition) is 3. The van der Waals surface area contributed by atoms with Gasteiger partial charge in [-0.3, -0.25) is 9.97 Å². The lowest BCUT2D eigenvalue weighted by Crippen LogP contribution is -2.47. The van der Waals surface area contributed by atoms with E-state index in [1.165, 1.54) is 29.7 Å². The number of rotatable bonds is 13. The van der Waals surface area contributed by atoms with Crippen molar-refractivity contribution < 1.29 is 36.2 Å². The molecule has 4 heterocycles. The van der Waals surface area contributed by atoms with Crippen molar-refractivity contribution >= 4 is 31.1 Å². The highest BCUT2D eigenvalue weighted by molar-refractivity contribution is 7.89. The summed E-state index contributed by atoms with van der Waals surface area (Å²) in [7, 11) is -5.99. The molecule has 2 fully saturated rings. The second-order valence-corrected chi connectivity index (χ2v) is 15.6. The predicted molar refractivity (Wildman–Crippen MR) is 167 cm³/mol. The lowest BCUT2D eigenvalue weighted by atomic mass is 9.88. The Morgan fingerprint density at radius 1 is 1.07 bits per heavy atom. The van der Waals surface area contributed by atoms with Gasteiger partial charge in [-0.2, -0.15) is 4.31 Å². The van der Waals surface area contributed by atoms with E-state index in [0.29, 0.717) is 55.7 Å². The number of aliphatic hydroxyl groups excluding tert-OH is 1. The Kier molecular flexibility index (Phi) is 10.4. The summed E-state index contributed by atoms with van der Waals surface area (Å²) >= 11 is 0. The summed E-state index contributed by atoms with van der Waals surface area (Å²) < 4.78 is 72.7. The zero-order valence-electron chi connectivity index (χ0n) is 25.6. The van der Waals surface area contributed by atoms with Crippen molar-refractivity contribution in [3.05, 3.63) is 54.9 Å². The van der Waals surface area contributed by atoms with Crippen molar-refractivity contribution in [1.82, 2.24) is 24.3 Å². The van der Waals surface area contributed by atoms with Crippen LogP contribution < -0.4 is 14.8 Å². The van der Waals surface area contributed by atoms with Crippen LogP contribution in [0.15, 0.2) is 64.6 Å². The lowest BCUT2D eigenvalue weighted by molar-refractivity contribution is -0.128. The van der Waals surface area contributed by atoms with Crippen molar-refractivity contribution in [3.8, 4) is 5.75 Å². The largest absolute Gasteiger partial charge is 0.465 e. The summed E-state index contributed by atoms with van der Waals surface area (Å²) in [5.41, 5.74) is 0.759. The van der Waals surface area contributed by atoms with E-state index in [9.17, 15) is 21.9 Å². The number of piperidine rings is 1.